The summed E-state index contributed by atoms with van der Waals surface area (Å²) in [6, 6.07) is 15.6. The molecule has 0 saturated heterocycles. The standard InChI is InChI=1S/C21H23NO3/c1-22(2)13-7-12-21(23)17-9-4-6-11-19(17)24-14-16-15-8-3-5-10-18(15)25-20(16)21/h3-6,8-11,23H,7,12-14H2,1-2H3. The number of benzene rings is 2. The highest BCUT2D eigenvalue weighted by molar-refractivity contribution is 5.83. The van der Waals surface area contributed by atoms with Crippen LogP contribution in [0.3, 0.4) is 0 Å². The number of furan rings is 1. The van der Waals surface area contributed by atoms with E-state index in [4.69, 9.17) is 9.15 Å². The normalized spacial score (nSPS) is 19.4. The van der Waals surface area contributed by atoms with Crippen LogP contribution in [-0.2, 0) is 12.2 Å². The van der Waals surface area contributed by atoms with Crippen LogP contribution >= 0.6 is 0 Å². The molecule has 0 radical (unpaired) electrons. The topological polar surface area (TPSA) is 45.8 Å². The lowest BCUT2D eigenvalue weighted by molar-refractivity contribution is 0.0449. The highest BCUT2D eigenvalue weighted by atomic mass is 16.5. The zero-order valence-corrected chi connectivity index (χ0v) is 14.7. The van der Waals surface area contributed by atoms with E-state index in [0.717, 1.165) is 40.8 Å². The molecule has 1 aromatic heterocycles. The van der Waals surface area contributed by atoms with Gasteiger partial charge in [-0.1, -0.05) is 36.4 Å². The summed E-state index contributed by atoms with van der Waals surface area (Å²) in [6.07, 6.45) is 1.44. The Bertz CT molecular complexity index is 899. The lowest BCUT2D eigenvalue weighted by Crippen LogP contribution is -2.28. The second-order valence-electron chi connectivity index (χ2n) is 6.96. The lowest BCUT2D eigenvalue weighted by Gasteiger charge is -2.27. The number of ether oxygens (including phenoxy) is 1. The van der Waals surface area contributed by atoms with Crippen molar-refractivity contribution >= 4 is 11.0 Å². The van der Waals surface area contributed by atoms with Crippen LogP contribution in [0.15, 0.2) is 52.9 Å². The molecule has 1 aliphatic heterocycles. The molecule has 4 heteroatoms. The average molecular weight is 337 g/mol. The second-order valence-corrected chi connectivity index (χ2v) is 6.96. The van der Waals surface area contributed by atoms with Crippen LogP contribution in [0.2, 0.25) is 0 Å². The van der Waals surface area contributed by atoms with Crippen molar-refractivity contribution in [2.75, 3.05) is 20.6 Å². The molecule has 0 aliphatic carbocycles. The van der Waals surface area contributed by atoms with Gasteiger partial charge >= 0.3 is 0 Å². The van der Waals surface area contributed by atoms with Gasteiger partial charge < -0.3 is 19.2 Å². The first-order chi connectivity index (χ1) is 12.1. The fraction of sp³-hybridized carbons (Fsp3) is 0.333. The summed E-state index contributed by atoms with van der Waals surface area (Å²) in [5, 5.41) is 12.8. The Morgan fingerprint density at radius 1 is 1.08 bits per heavy atom. The molecule has 0 saturated carbocycles. The molecule has 1 N–H and O–H groups in total. The highest BCUT2D eigenvalue weighted by Gasteiger charge is 2.41. The third-order valence-electron chi connectivity index (χ3n) is 4.92. The summed E-state index contributed by atoms with van der Waals surface area (Å²) in [7, 11) is 4.08. The number of para-hydroxylation sites is 2. The maximum absolute atomic E-state index is 11.8. The minimum absolute atomic E-state index is 0.402. The van der Waals surface area contributed by atoms with Crippen LogP contribution in [0.25, 0.3) is 11.0 Å². The molecule has 1 aliphatic rings. The molecular weight excluding hydrogens is 314 g/mol. The first-order valence-electron chi connectivity index (χ1n) is 8.70. The Labute approximate surface area is 147 Å². The second kappa shape index (κ2) is 6.21. The molecule has 2 aromatic carbocycles. The predicted molar refractivity (Wildman–Crippen MR) is 97.8 cm³/mol. The summed E-state index contributed by atoms with van der Waals surface area (Å²) >= 11 is 0. The van der Waals surface area contributed by atoms with Gasteiger partial charge in [0, 0.05) is 16.5 Å². The number of rotatable bonds is 4. The molecule has 3 aromatic rings. The first kappa shape index (κ1) is 16.2. The Kier molecular flexibility index (Phi) is 4.02. The molecule has 4 rings (SSSR count). The molecular formula is C21H23NO3. The van der Waals surface area contributed by atoms with Crippen LogP contribution in [0, 0.1) is 0 Å². The average Bonchev–Trinajstić information content (AvgIpc) is 2.94. The van der Waals surface area contributed by atoms with Gasteiger partial charge in [-0.25, -0.2) is 0 Å². The van der Waals surface area contributed by atoms with Gasteiger partial charge in [0.25, 0.3) is 0 Å². The fourth-order valence-corrected chi connectivity index (χ4v) is 3.68. The van der Waals surface area contributed by atoms with Gasteiger partial charge in [-0.05, 0) is 45.6 Å². The minimum Gasteiger partial charge on any atom is -0.488 e. The van der Waals surface area contributed by atoms with Crippen LogP contribution < -0.4 is 4.74 Å². The zero-order valence-electron chi connectivity index (χ0n) is 14.7. The van der Waals surface area contributed by atoms with E-state index in [1.165, 1.54) is 0 Å². The van der Waals surface area contributed by atoms with Crippen LogP contribution in [0.4, 0.5) is 0 Å². The Balaban J connectivity index is 1.87. The first-order valence-corrected chi connectivity index (χ1v) is 8.70. The van der Waals surface area contributed by atoms with Crippen molar-refractivity contribution in [2.24, 2.45) is 0 Å². The lowest BCUT2D eigenvalue weighted by atomic mass is 9.84. The fourth-order valence-electron chi connectivity index (χ4n) is 3.68. The van der Waals surface area contributed by atoms with E-state index >= 15 is 0 Å². The van der Waals surface area contributed by atoms with Crippen molar-refractivity contribution in [1.82, 2.24) is 4.90 Å². The van der Waals surface area contributed by atoms with Crippen molar-refractivity contribution in [3.8, 4) is 5.75 Å². The maximum atomic E-state index is 11.8. The van der Waals surface area contributed by atoms with Crippen molar-refractivity contribution in [3.05, 3.63) is 65.4 Å². The SMILES string of the molecule is CN(C)CCCC1(O)c2ccccc2OCc2c1oc1ccccc21. The number of fused-ring (bicyclic) bond motifs is 4. The molecule has 0 bridgehead atoms. The summed E-state index contributed by atoms with van der Waals surface area (Å²) in [5.41, 5.74) is 1.34. The minimum atomic E-state index is -1.18. The van der Waals surface area contributed by atoms with E-state index in [1.54, 1.807) is 0 Å². The van der Waals surface area contributed by atoms with E-state index in [0.29, 0.717) is 18.8 Å². The van der Waals surface area contributed by atoms with E-state index in [9.17, 15) is 5.11 Å². The number of hydrogen-bond acceptors (Lipinski definition) is 4. The molecule has 1 unspecified atom stereocenters. The maximum Gasteiger partial charge on any atom is 0.151 e. The van der Waals surface area contributed by atoms with E-state index < -0.39 is 5.60 Å². The van der Waals surface area contributed by atoms with Gasteiger partial charge in [0.2, 0.25) is 0 Å². The summed E-state index contributed by atoms with van der Waals surface area (Å²) < 4.78 is 12.2. The highest BCUT2D eigenvalue weighted by Crippen LogP contribution is 2.46. The summed E-state index contributed by atoms with van der Waals surface area (Å²) in [4.78, 5) is 2.13. The van der Waals surface area contributed by atoms with Gasteiger partial charge in [0.1, 0.15) is 23.7 Å². The Hall–Kier alpha value is -2.30. The predicted octanol–water partition coefficient (Wildman–Crippen LogP) is 3.90. The quantitative estimate of drug-likeness (QED) is 0.784. The van der Waals surface area contributed by atoms with Gasteiger partial charge in [0.15, 0.2) is 5.60 Å². The molecule has 130 valence electrons. The Morgan fingerprint density at radius 3 is 2.68 bits per heavy atom. The number of hydrogen-bond donors (Lipinski definition) is 1. The molecule has 0 spiro atoms. The largest absolute Gasteiger partial charge is 0.488 e. The number of nitrogens with zero attached hydrogens (tertiary/aromatic N) is 1. The van der Waals surface area contributed by atoms with Crippen LogP contribution in [0.1, 0.15) is 29.7 Å². The molecule has 0 amide bonds. The van der Waals surface area contributed by atoms with Crippen molar-refractivity contribution in [3.63, 3.8) is 0 Å². The van der Waals surface area contributed by atoms with Gasteiger partial charge in [-0.3, -0.25) is 0 Å². The van der Waals surface area contributed by atoms with Gasteiger partial charge in [0.05, 0.1) is 0 Å². The third-order valence-corrected chi connectivity index (χ3v) is 4.92. The molecule has 4 nitrogen and oxygen atoms in total. The van der Waals surface area contributed by atoms with E-state index in [-0.39, 0.29) is 0 Å². The van der Waals surface area contributed by atoms with E-state index in [1.807, 2.05) is 62.6 Å². The van der Waals surface area contributed by atoms with Crippen molar-refractivity contribution in [1.29, 1.82) is 0 Å². The smallest absolute Gasteiger partial charge is 0.151 e. The Morgan fingerprint density at radius 2 is 1.84 bits per heavy atom. The van der Waals surface area contributed by atoms with Crippen LogP contribution in [-0.4, -0.2) is 30.6 Å². The van der Waals surface area contributed by atoms with Gasteiger partial charge in [-0.15, -0.1) is 0 Å². The zero-order chi connectivity index (χ0) is 17.4. The van der Waals surface area contributed by atoms with Crippen molar-refractivity contribution < 1.29 is 14.3 Å². The molecule has 0 fully saturated rings. The monoisotopic (exact) mass is 337 g/mol. The third kappa shape index (κ3) is 2.71. The molecule has 2 heterocycles. The van der Waals surface area contributed by atoms with Gasteiger partial charge in [-0.2, -0.15) is 0 Å². The molecule has 1 atom stereocenters. The molecule has 25 heavy (non-hydrogen) atoms. The van der Waals surface area contributed by atoms with Crippen LogP contribution in [0.5, 0.6) is 5.75 Å². The number of aliphatic hydroxyl groups is 1. The van der Waals surface area contributed by atoms with Crippen molar-refractivity contribution in [2.45, 2.75) is 25.0 Å². The van der Waals surface area contributed by atoms with E-state index in [2.05, 4.69) is 4.90 Å². The summed E-state index contributed by atoms with van der Waals surface area (Å²) in [6.45, 7) is 1.31. The summed E-state index contributed by atoms with van der Waals surface area (Å²) in [5.74, 6) is 1.35.